The monoisotopic (exact) mass is 389 g/mol. The third-order valence-corrected chi connectivity index (χ3v) is 5.12. The second-order valence-electron chi connectivity index (χ2n) is 6.35. The Bertz CT molecular complexity index is 1100. The summed E-state index contributed by atoms with van der Waals surface area (Å²) in [5.74, 6) is 0.387. The van der Waals surface area contributed by atoms with Crippen molar-refractivity contribution in [2.45, 2.75) is 6.54 Å². The number of aromatic nitrogens is 2. The molecule has 0 unspecified atom stereocenters. The molecule has 0 bridgehead atoms. The molecule has 0 saturated carbocycles. The molecule has 0 aliphatic rings. The van der Waals surface area contributed by atoms with Gasteiger partial charge in [0, 0.05) is 17.9 Å². The Kier molecular flexibility index (Phi) is 5.16. The molecule has 4 aromatic rings. The number of primary amides is 1. The number of benzene rings is 2. The van der Waals surface area contributed by atoms with E-state index in [1.165, 1.54) is 0 Å². The Morgan fingerprint density at radius 2 is 1.93 bits per heavy atom. The van der Waals surface area contributed by atoms with Gasteiger partial charge in [0.1, 0.15) is 17.0 Å². The average Bonchev–Trinajstić information content (AvgIpc) is 3.18. The summed E-state index contributed by atoms with van der Waals surface area (Å²) in [4.78, 5) is 23.2. The van der Waals surface area contributed by atoms with Crippen molar-refractivity contribution in [3.05, 3.63) is 77.9 Å². The number of fused-ring (bicyclic) bond motifs is 1. The highest BCUT2D eigenvalue weighted by Gasteiger charge is 2.12. The van der Waals surface area contributed by atoms with E-state index in [1.807, 2.05) is 70.9 Å². The Morgan fingerprint density at radius 1 is 1.07 bits per heavy atom. The summed E-state index contributed by atoms with van der Waals surface area (Å²) in [6, 6.07) is 19.9. The van der Waals surface area contributed by atoms with Crippen LogP contribution in [0.4, 0.5) is 17.2 Å². The minimum absolute atomic E-state index is 0.140. The Hall–Kier alpha value is -3.45. The second kappa shape index (κ2) is 8.06. The molecular weight excluding hydrogens is 370 g/mol. The first-order valence-electron chi connectivity index (χ1n) is 8.81. The molecule has 28 heavy (non-hydrogen) atoms. The van der Waals surface area contributed by atoms with Crippen LogP contribution >= 0.6 is 11.3 Å². The molecule has 4 rings (SSSR count). The van der Waals surface area contributed by atoms with Crippen LogP contribution < -0.4 is 16.0 Å². The zero-order chi connectivity index (χ0) is 19.3. The van der Waals surface area contributed by atoms with E-state index in [-0.39, 0.29) is 12.5 Å². The number of anilines is 3. The van der Waals surface area contributed by atoms with Crippen LogP contribution in [-0.2, 0) is 11.3 Å². The highest BCUT2D eigenvalue weighted by molar-refractivity contribution is 7.16. The Balaban J connectivity index is 1.61. The summed E-state index contributed by atoms with van der Waals surface area (Å²) in [5, 5.41) is 6.34. The number of nitrogens with two attached hydrogens (primary N) is 1. The summed E-state index contributed by atoms with van der Waals surface area (Å²) < 4.78 is 0. The van der Waals surface area contributed by atoms with Gasteiger partial charge in [0.2, 0.25) is 5.91 Å². The zero-order valence-electron chi connectivity index (χ0n) is 15.1. The SMILES string of the molecule is NC(=O)CN(Cc1ccccc1)c1cccc(Nc2ncnc3sccc23)c1. The molecule has 2 aromatic heterocycles. The number of nitrogens with one attached hydrogen (secondary N) is 1. The number of hydrogen-bond acceptors (Lipinski definition) is 6. The molecule has 2 heterocycles. The van der Waals surface area contributed by atoms with E-state index in [0.29, 0.717) is 6.54 Å². The normalized spacial score (nSPS) is 10.7. The van der Waals surface area contributed by atoms with Gasteiger partial charge in [-0.15, -0.1) is 11.3 Å². The van der Waals surface area contributed by atoms with Gasteiger partial charge in [-0.05, 0) is 35.2 Å². The number of thiophene rings is 1. The second-order valence-corrected chi connectivity index (χ2v) is 7.24. The van der Waals surface area contributed by atoms with Crippen LogP contribution in [0.3, 0.4) is 0 Å². The third kappa shape index (κ3) is 4.10. The number of amides is 1. The molecule has 6 nitrogen and oxygen atoms in total. The van der Waals surface area contributed by atoms with Crippen LogP contribution in [0.25, 0.3) is 10.2 Å². The van der Waals surface area contributed by atoms with Crippen molar-refractivity contribution in [1.29, 1.82) is 0 Å². The lowest BCUT2D eigenvalue weighted by atomic mass is 10.2. The van der Waals surface area contributed by atoms with Gasteiger partial charge in [-0.2, -0.15) is 0 Å². The fourth-order valence-corrected chi connectivity index (χ4v) is 3.77. The third-order valence-electron chi connectivity index (χ3n) is 4.30. The zero-order valence-corrected chi connectivity index (χ0v) is 15.9. The van der Waals surface area contributed by atoms with E-state index in [2.05, 4.69) is 15.3 Å². The predicted molar refractivity (Wildman–Crippen MR) is 114 cm³/mol. The van der Waals surface area contributed by atoms with Crippen LogP contribution in [0.15, 0.2) is 72.4 Å². The molecule has 0 fully saturated rings. The van der Waals surface area contributed by atoms with Crippen LogP contribution in [0.2, 0.25) is 0 Å². The number of carbonyl (C=O) groups is 1. The minimum Gasteiger partial charge on any atom is -0.368 e. The summed E-state index contributed by atoms with van der Waals surface area (Å²) in [6.07, 6.45) is 1.56. The quantitative estimate of drug-likeness (QED) is 0.500. The van der Waals surface area contributed by atoms with Crippen LogP contribution in [0, 0.1) is 0 Å². The lowest BCUT2D eigenvalue weighted by Gasteiger charge is -2.24. The van der Waals surface area contributed by atoms with Gasteiger partial charge < -0.3 is 16.0 Å². The summed E-state index contributed by atoms with van der Waals surface area (Å²) in [5.41, 5.74) is 8.38. The first-order chi connectivity index (χ1) is 13.7. The number of hydrogen-bond donors (Lipinski definition) is 2. The maximum Gasteiger partial charge on any atom is 0.236 e. The molecule has 3 N–H and O–H groups in total. The van der Waals surface area contributed by atoms with Crippen molar-refractivity contribution in [3.8, 4) is 0 Å². The van der Waals surface area contributed by atoms with E-state index in [4.69, 9.17) is 5.73 Å². The Labute approximate surface area is 166 Å². The number of nitrogens with zero attached hydrogens (tertiary/aromatic N) is 3. The molecule has 0 spiro atoms. The molecular formula is C21H19N5OS. The van der Waals surface area contributed by atoms with E-state index in [0.717, 1.165) is 33.0 Å². The van der Waals surface area contributed by atoms with Crippen LogP contribution in [0.5, 0.6) is 0 Å². The molecule has 0 saturated heterocycles. The smallest absolute Gasteiger partial charge is 0.236 e. The molecule has 0 atom stereocenters. The van der Waals surface area contributed by atoms with Gasteiger partial charge in [0.25, 0.3) is 0 Å². The van der Waals surface area contributed by atoms with Gasteiger partial charge in [-0.3, -0.25) is 4.79 Å². The number of carbonyl (C=O) groups excluding carboxylic acids is 1. The van der Waals surface area contributed by atoms with Crippen molar-refractivity contribution in [2.75, 3.05) is 16.8 Å². The van der Waals surface area contributed by atoms with E-state index < -0.39 is 0 Å². The van der Waals surface area contributed by atoms with Gasteiger partial charge in [-0.25, -0.2) is 9.97 Å². The van der Waals surface area contributed by atoms with Gasteiger partial charge in [0.15, 0.2) is 0 Å². The predicted octanol–water partition coefficient (Wildman–Crippen LogP) is 3.93. The molecule has 7 heteroatoms. The lowest BCUT2D eigenvalue weighted by molar-refractivity contribution is -0.116. The summed E-state index contributed by atoms with van der Waals surface area (Å²) in [7, 11) is 0. The number of rotatable bonds is 7. The van der Waals surface area contributed by atoms with Gasteiger partial charge in [-0.1, -0.05) is 36.4 Å². The van der Waals surface area contributed by atoms with Crippen molar-refractivity contribution in [1.82, 2.24) is 9.97 Å². The first kappa shape index (κ1) is 17.9. The maximum atomic E-state index is 11.6. The molecule has 0 radical (unpaired) electrons. The van der Waals surface area contributed by atoms with Crippen molar-refractivity contribution in [2.24, 2.45) is 5.73 Å². The molecule has 2 aromatic carbocycles. The average molecular weight is 389 g/mol. The summed E-state index contributed by atoms with van der Waals surface area (Å²) >= 11 is 1.58. The fraction of sp³-hybridized carbons (Fsp3) is 0.0952. The molecule has 140 valence electrons. The van der Waals surface area contributed by atoms with Crippen LogP contribution in [0.1, 0.15) is 5.56 Å². The van der Waals surface area contributed by atoms with E-state index >= 15 is 0 Å². The largest absolute Gasteiger partial charge is 0.368 e. The molecule has 1 amide bonds. The van der Waals surface area contributed by atoms with Gasteiger partial charge in [0.05, 0.1) is 11.9 Å². The fourth-order valence-electron chi connectivity index (χ4n) is 3.04. The maximum absolute atomic E-state index is 11.6. The van der Waals surface area contributed by atoms with E-state index in [1.54, 1.807) is 17.7 Å². The molecule has 0 aliphatic carbocycles. The Morgan fingerprint density at radius 3 is 2.75 bits per heavy atom. The molecule has 0 aliphatic heterocycles. The van der Waals surface area contributed by atoms with Crippen molar-refractivity contribution >= 4 is 44.7 Å². The minimum atomic E-state index is -0.370. The van der Waals surface area contributed by atoms with Crippen molar-refractivity contribution in [3.63, 3.8) is 0 Å². The highest BCUT2D eigenvalue weighted by Crippen LogP contribution is 2.28. The van der Waals surface area contributed by atoms with Crippen LogP contribution in [-0.4, -0.2) is 22.4 Å². The lowest BCUT2D eigenvalue weighted by Crippen LogP contribution is -2.33. The summed E-state index contributed by atoms with van der Waals surface area (Å²) in [6.45, 7) is 0.732. The van der Waals surface area contributed by atoms with E-state index in [9.17, 15) is 4.79 Å². The highest BCUT2D eigenvalue weighted by atomic mass is 32.1. The van der Waals surface area contributed by atoms with Gasteiger partial charge >= 0.3 is 0 Å². The standard InChI is InChI=1S/C21H19N5OS/c22-19(27)13-26(12-15-5-2-1-3-6-15)17-8-4-7-16(11-17)25-20-18-9-10-28-21(18)24-14-23-20/h1-11,14H,12-13H2,(H2,22,27)(H,23,24,25). The first-order valence-corrected chi connectivity index (χ1v) is 9.69. The van der Waals surface area contributed by atoms with Crippen molar-refractivity contribution < 1.29 is 4.79 Å². The topological polar surface area (TPSA) is 84.1 Å².